The van der Waals surface area contributed by atoms with Gasteiger partial charge in [0.25, 0.3) is 5.91 Å². The Morgan fingerprint density at radius 3 is 2.71 bits per heavy atom. The molecule has 0 spiro atoms. The number of anilines is 1. The van der Waals surface area contributed by atoms with Crippen LogP contribution in [0.5, 0.6) is 5.75 Å². The minimum atomic E-state index is -0.339. The van der Waals surface area contributed by atoms with Crippen molar-refractivity contribution in [3.8, 4) is 11.4 Å². The third-order valence-electron chi connectivity index (χ3n) is 3.36. The first-order chi connectivity index (χ1) is 11.6. The normalized spacial score (nSPS) is 10.5. The molecule has 1 aromatic heterocycles. The van der Waals surface area contributed by atoms with Crippen molar-refractivity contribution in [2.45, 2.75) is 6.92 Å². The van der Waals surface area contributed by atoms with E-state index in [0.29, 0.717) is 27.8 Å². The van der Waals surface area contributed by atoms with E-state index in [4.69, 9.17) is 16.3 Å². The smallest absolute Gasteiger partial charge is 0.278 e. The van der Waals surface area contributed by atoms with Crippen molar-refractivity contribution in [3.05, 3.63) is 64.9 Å². The van der Waals surface area contributed by atoms with Crippen molar-refractivity contribution in [3.63, 3.8) is 0 Å². The van der Waals surface area contributed by atoms with Gasteiger partial charge in [0, 0.05) is 16.8 Å². The second-order valence-electron chi connectivity index (χ2n) is 5.09. The molecule has 122 valence electrons. The summed E-state index contributed by atoms with van der Waals surface area (Å²) in [7, 11) is 1.57. The average molecular weight is 343 g/mol. The Bertz CT molecular complexity index is 892. The molecule has 0 saturated heterocycles. The number of ether oxygens (including phenoxy) is 1. The van der Waals surface area contributed by atoms with E-state index in [1.807, 2.05) is 6.07 Å². The van der Waals surface area contributed by atoms with E-state index in [1.165, 1.54) is 4.80 Å². The Labute approximate surface area is 144 Å². The molecule has 0 atom stereocenters. The average Bonchev–Trinajstić information content (AvgIpc) is 2.97. The van der Waals surface area contributed by atoms with Crippen LogP contribution in [0.3, 0.4) is 0 Å². The highest BCUT2D eigenvalue weighted by Crippen LogP contribution is 2.18. The van der Waals surface area contributed by atoms with Gasteiger partial charge in [0.2, 0.25) is 0 Å². The zero-order valence-corrected chi connectivity index (χ0v) is 13.9. The van der Waals surface area contributed by atoms with Crippen molar-refractivity contribution < 1.29 is 9.53 Å². The van der Waals surface area contributed by atoms with Crippen LogP contribution in [0, 0.1) is 6.92 Å². The zero-order valence-electron chi connectivity index (χ0n) is 13.2. The van der Waals surface area contributed by atoms with E-state index in [0.717, 1.165) is 0 Å². The van der Waals surface area contributed by atoms with Crippen LogP contribution in [-0.2, 0) is 0 Å². The number of hydrogen-bond donors (Lipinski definition) is 1. The molecule has 0 saturated carbocycles. The van der Waals surface area contributed by atoms with Crippen LogP contribution in [0.25, 0.3) is 5.69 Å². The number of carbonyl (C=O) groups excluding carboxylic acids is 1. The molecule has 0 fully saturated rings. The number of benzene rings is 2. The zero-order chi connectivity index (χ0) is 17.1. The topological polar surface area (TPSA) is 69.0 Å². The van der Waals surface area contributed by atoms with Gasteiger partial charge in [0.15, 0.2) is 5.69 Å². The summed E-state index contributed by atoms with van der Waals surface area (Å²) in [5.74, 6) is 0.320. The first-order valence-corrected chi connectivity index (χ1v) is 7.60. The molecule has 1 heterocycles. The van der Waals surface area contributed by atoms with Crippen LogP contribution >= 0.6 is 11.6 Å². The molecule has 6 nitrogen and oxygen atoms in total. The van der Waals surface area contributed by atoms with E-state index in [9.17, 15) is 4.79 Å². The molecule has 3 rings (SSSR count). The summed E-state index contributed by atoms with van der Waals surface area (Å²) in [6.07, 6.45) is 0. The number of aryl methyl sites for hydroxylation is 1. The fourth-order valence-electron chi connectivity index (χ4n) is 2.20. The SMILES string of the molecule is COc1cccc(NC(=O)c2nn(-c3cccc(Cl)c3)nc2C)c1. The molecule has 0 radical (unpaired) electrons. The summed E-state index contributed by atoms with van der Waals surface area (Å²) in [5, 5.41) is 11.9. The highest BCUT2D eigenvalue weighted by molar-refractivity contribution is 6.30. The highest BCUT2D eigenvalue weighted by Gasteiger charge is 2.17. The molecule has 0 bridgehead atoms. The molecule has 0 aliphatic rings. The van der Waals surface area contributed by atoms with Gasteiger partial charge in [-0.15, -0.1) is 5.10 Å². The predicted molar refractivity (Wildman–Crippen MR) is 92.1 cm³/mol. The van der Waals surface area contributed by atoms with Crippen LogP contribution in [0.1, 0.15) is 16.2 Å². The van der Waals surface area contributed by atoms with Crippen LogP contribution in [-0.4, -0.2) is 28.0 Å². The van der Waals surface area contributed by atoms with Gasteiger partial charge in [-0.1, -0.05) is 23.7 Å². The van der Waals surface area contributed by atoms with E-state index in [1.54, 1.807) is 56.5 Å². The number of nitrogens with one attached hydrogen (secondary N) is 1. The number of amides is 1. The standard InChI is InChI=1S/C17H15ClN4O2/c1-11-16(17(23)19-13-6-4-8-15(10-13)24-2)21-22(20-11)14-7-3-5-12(18)9-14/h3-10H,1-2H3,(H,19,23). The largest absolute Gasteiger partial charge is 0.497 e. The Hall–Kier alpha value is -2.86. The maximum absolute atomic E-state index is 12.5. The van der Waals surface area contributed by atoms with Crippen molar-refractivity contribution in [1.82, 2.24) is 15.0 Å². The number of hydrogen-bond acceptors (Lipinski definition) is 4. The van der Waals surface area contributed by atoms with Gasteiger partial charge < -0.3 is 10.1 Å². The fourth-order valence-corrected chi connectivity index (χ4v) is 2.38. The van der Waals surface area contributed by atoms with Gasteiger partial charge in [-0.3, -0.25) is 4.79 Å². The van der Waals surface area contributed by atoms with Crippen molar-refractivity contribution in [1.29, 1.82) is 0 Å². The molecule has 0 aliphatic carbocycles. The third-order valence-corrected chi connectivity index (χ3v) is 3.60. The van der Waals surface area contributed by atoms with E-state index >= 15 is 0 Å². The number of rotatable bonds is 4. The summed E-state index contributed by atoms with van der Waals surface area (Å²) in [5.41, 5.74) is 2.08. The maximum Gasteiger partial charge on any atom is 0.278 e. The van der Waals surface area contributed by atoms with Crippen molar-refractivity contribution in [2.75, 3.05) is 12.4 Å². The van der Waals surface area contributed by atoms with Crippen molar-refractivity contribution >= 4 is 23.2 Å². The van der Waals surface area contributed by atoms with Crippen molar-refractivity contribution in [2.24, 2.45) is 0 Å². The second kappa shape index (κ2) is 6.72. The molecular weight excluding hydrogens is 328 g/mol. The lowest BCUT2D eigenvalue weighted by molar-refractivity contribution is 0.102. The molecule has 3 aromatic rings. The molecule has 7 heteroatoms. The summed E-state index contributed by atoms with van der Waals surface area (Å²) >= 11 is 5.98. The number of aromatic nitrogens is 3. The summed E-state index contributed by atoms with van der Waals surface area (Å²) < 4.78 is 5.14. The van der Waals surface area contributed by atoms with Crippen LogP contribution in [0.4, 0.5) is 5.69 Å². The molecule has 0 unspecified atom stereocenters. The lowest BCUT2D eigenvalue weighted by Crippen LogP contribution is -2.14. The van der Waals surface area contributed by atoms with Gasteiger partial charge in [-0.2, -0.15) is 9.90 Å². The first kappa shape index (κ1) is 16.0. The molecule has 0 aliphatic heterocycles. The van der Waals surface area contributed by atoms with Gasteiger partial charge in [0.05, 0.1) is 18.5 Å². The maximum atomic E-state index is 12.5. The summed E-state index contributed by atoms with van der Waals surface area (Å²) in [6.45, 7) is 1.73. The Morgan fingerprint density at radius 1 is 1.17 bits per heavy atom. The Kier molecular flexibility index (Phi) is 4.48. The monoisotopic (exact) mass is 342 g/mol. The minimum Gasteiger partial charge on any atom is -0.497 e. The van der Waals surface area contributed by atoms with Gasteiger partial charge in [0.1, 0.15) is 5.75 Å². The van der Waals surface area contributed by atoms with Gasteiger partial charge in [-0.05, 0) is 37.3 Å². The highest BCUT2D eigenvalue weighted by atomic mass is 35.5. The van der Waals surface area contributed by atoms with E-state index in [-0.39, 0.29) is 11.6 Å². The Morgan fingerprint density at radius 2 is 1.96 bits per heavy atom. The van der Waals surface area contributed by atoms with E-state index in [2.05, 4.69) is 15.5 Å². The number of carbonyl (C=O) groups is 1. The molecule has 24 heavy (non-hydrogen) atoms. The number of halogens is 1. The molecule has 1 N–H and O–H groups in total. The fraction of sp³-hybridized carbons (Fsp3) is 0.118. The predicted octanol–water partition coefficient (Wildman–Crippen LogP) is 3.49. The van der Waals surface area contributed by atoms with Crippen LogP contribution < -0.4 is 10.1 Å². The van der Waals surface area contributed by atoms with Gasteiger partial charge >= 0.3 is 0 Å². The lowest BCUT2D eigenvalue weighted by Gasteiger charge is -2.05. The van der Waals surface area contributed by atoms with Crippen LogP contribution in [0.15, 0.2) is 48.5 Å². The van der Waals surface area contributed by atoms with Crippen LogP contribution in [0.2, 0.25) is 5.02 Å². The molecule has 2 aromatic carbocycles. The second-order valence-corrected chi connectivity index (χ2v) is 5.53. The quantitative estimate of drug-likeness (QED) is 0.788. The molecule has 1 amide bonds. The summed E-state index contributed by atoms with van der Waals surface area (Å²) in [4.78, 5) is 13.8. The number of nitrogens with zero attached hydrogens (tertiary/aromatic N) is 3. The van der Waals surface area contributed by atoms with Gasteiger partial charge in [-0.25, -0.2) is 0 Å². The molecular formula is C17H15ClN4O2. The lowest BCUT2D eigenvalue weighted by atomic mass is 10.2. The summed E-state index contributed by atoms with van der Waals surface area (Å²) in [6, 6.07) is 14.2. The third kappa shape index (κ3) is 3.38. The first-order valence-electron chi connectivity index (χ1n) is 7.22. The number of methoxy groups -OCH3 is 1. The minimum absolute atomic E-state index is 0.248. The Balaban J connectivity index is 1.85. The van der Waals surface area contributed by atoms with E-state index < -0.39 is 0 Å².